The van der Waals surface area contributed by atoms with E-state index in [4.69, 9.17) is 5.73 Å². The lowest BCUT2D eigenvalue weighted by Crippen LogP contribution is -2.48. The van der Waals surface area contributed by atoms with E-state index in [0.29, 0.717) is 19.5 Å². The standard InChI is InChI=1S/C15H20F3N3O.2ClH/c16-12-5-3-11(4-6-12)8-21-7-1-2-13(21)14(22)20-10-15(17,18)9-19;;/h3-6,13H,1-2,7-10,19H2,(H,20,22);2*1H. The number of nitrogens with one attached hydrogen (secondary N) is 1. The molecule has 1 fully saturated rings. The summed E-state index contributed by atoms with van der Waals surface area (Å²) in [6, 6.07) is 5.61. The molecule has 1 atom stereocenters. The zero-order valence-electron chi connectivity index (χ0n) is 13.0. The Labute approximate surface area is 151 Å². The highest BCUT2D eigenvalue weighted by Gasteiger charge is 2.33. The Morgan fingerprint density at radius 1 is 1.29 bits per heavy atom. The van der Waals surface area contributed by atoms with Crippen LogP contribution in [-0.2, 0) is 11.3 Å². The number of carbonyl (C=O) groups excluding carboxylic acids is 1. The molecule has 1 unspecified atom stereocenters. The Morgan fingerprint density at radius 2 is 1.92 bits per heavy atom. The smallest absolute Gasteiger partial charge is 0.277 e. The van der Waals surface area contributed by atoms with Gasteiger partial charge >= 0.3 is 0 Å². The summed E-state index contributed by atoms with van der Waals surface area (Å²) in [5.74, 6) is -3.81. The third kappa shape index (κ3) is 6.47. The highest BCUT2D eigenvalue weighted by atomic mass is 35.5. The van der Waals surface area contributed by atoms with Crippen LogP contribution in [0.15, 0.2) is 24.3 Å². The van der Waals surface area contributed by atoms with Gasteiger partial charge in [-0.15, -0.1) is 24.8 Å². The van der Waals surface area contributed by atoms with E-state index in [-0.39, 0.29) is 30.6 Å². The van der Waals surface area contributed by atoms with Gasteiger partial charge in [0.25, 0.3) is 5.92 Å². The first-order valence-corrected chi connectivity index (χ1v) is 7.25. The Hall–Kier alpha value is -1.02. The maximum absolute atomic E-state index is 13.1. The van der Waals surface area contributed by atoms with Crippen molar-refractivity contribution in [1.29, 1.82) is 0 Å². The highest BCUT2D eigenvalue weighted by molar-refractivity contribution is 5.85. The molecule has 1 saturated heterocycles. The van der Waals surface area contributed by atoms with Gasteiger partial charge in [0.05, 0.1) is 19.1 Å². The molecule has 1 aromatic rings. The zero-order valence-corrected chi connectivity index (χ0v) is 14.6. The second-order valence-electron chi connectivity index (χ2n) is 5.53. The van der Waals surface area contributed by atoms with Crippen LogP contribution in [-0.4, -0.2) is 42.4 Å². The van der Waals surface area contributed by atoms with Gasteiger partial charge in [0.1, 0.15) is 5.82 Å². The lowest BCUT2D eigenvalue weighted by atomic mass is 10.1. The average molecular weight is 388 g/mol. The number of amides is 1. The Kier molecular flexibility index (Phi) is 9.65. The molecule has 1 heterocycles. The molecular weight excluding hydrogens is 366 g/mol. The molecule has 0 aromatic heterocycles. The van der Waals surface area contributed by atoms with Crippen molar-refractivity contribution in [3.05, 3.63) is 35.6 Å². The summed E-state index contributed by atoms with van der Waals surface area (Å²) in [5, 5.41) is 2.27. The maximum atomic E-state index is 13.1. The van der Waals surface area contributed by atoms with Gasteiger partial charge in [-0.05, 0) is 37.1 Å². The molecule has 0 bridgehead atoms. The molecule has 0 saturated carbocycles. The summed E-state index contributed by atoms with van der Waals surface area (Å²) in [7, 11) is 0. The van der Waals surface area contributed by atoms with Gasteiger partial charge in [0.15, 0.2) is 0 Å². The fourth-order valence-electron chi connectivity index (χ4n) is 2.54. The van der Waals surface area contributed by atoms with Crippen molar-refractivity contribution in [3.8, 4) is 0 Å². The fourth-order valence-corrected chi connectivity index (χ4v) is 2.54. The average Bonchev–Trinajstić information content (AvgIpc) is 2.95. The van der Waals surface area contributed by atoms with Crippen LogP contribution in [0.25, 0.3) is 0 Å². The van der Waals surface area contributed by atoms with Crippen LogP contribution >= 0.6 is 24.8 Å². The van der Waals surface area contributed by atoms with Crippen molar-refractivity contribution >= 4 is 30.7 Å². The van der Waals surface area contributed by atoms with E-state index >= 15 is 0 Å². The summed E-state index contributed by atoms with van der Waals surface area (Å²) in [5.41, 5.74) is 5.83. The number of rotatable bonds is 6. The van der Waals surface area contributed by atoms with Gasteiger partial charge in [-0.1, -0.05) is 12.1 Å². The Morgan fingerprint density at radius 3 is 2.50 bits per heavy atom. The summed E-state index contributed by atoms with van der Waals surface area (Å²) in [6.45, 7) is -0.338. The lowest BCUT2D eigenvalue weighted by molar-refractivity contribution is -0.127. The maximum Gasteiger partial charge on any atom is 0.277 e. The summed E-state index contributed by atoms with van der Waals surface area (Å²) >= 11 is 0. The predicted octanol–water partition coefficient (Wildman–Crippen LogP) is 2.34. The van der Waals surface area contributed by atoms with Gasteiger partial charge in [0, 0.05) is 6.54 Å². The number of nitrogens with zero attached hydrogens (tertiary/aromatic N) is 1. The number of hydrogen-bond donors (Lipinski definition) is 2. The molecule has 3 N–H and O–H groups in total. The van der Waals surface area contributed by atoms with Crippen LogP contribution in [0.4, 0.5) is 13.2 Å². The SMILES string of the molecule is Cl.Cl.NCC(F)(F)CNC(=O)C1CCCN1Cc1ccc(F)cc1. The molecule has 4 nitrogen and oxygen atoms in total. The van der Waals surface area contributed by atoms with Crippen molar-refractivity contribution in [1.82, 2.24) is 10.2 Å². The number of nitrogens with two attached hydrogens (primary N) is 1. The molecule has 0 spiro atoms. The molecule has 1 amide bonds. The fraction of sp³-hybridized carbons (Fsp3) is 0.533. The Balaban J connectivity index is 0.00000264. The number of halogens is 5. The van der Waals surface area contributed by atoms with Crippen LogP contribution in [0.2, 0.25) is 0 Å². The molecule has 138 valence electrons. The molecule has 1 aliphatic heterocycles. The molecular formula is C15H22Cl2F3N3O. The predicted molar refractivity (Wildman–Crippen MR) is 91.3 cm³/mol. The molecule has 0 radical (unpaired) electrons. The number of benzene rings is 1. The van der Waals surface area contributed by atoms with E-state index in [1.165, 1.54) is 12.1 Å². The highest BCUT2D eigenvalue weighted by Crippen LogP contribution is 2.21. The van der Waals surface area contributed by atoms with E-state index in [0.717, 1.165) is 12.0 Å². The summed E-state index contributed by atoms with van der Waals surface area (Å²) in [6.07, 6.45) is 1.45. The minimum atomic E-state index is -3.09. The number of alkyl halides is 2. The zero-order chi connectivity index (χ0) is 16.2. The monoisotopic (exact) mass is 387 g/mol. The van der Waals surface area contributed by atoms with E-state index in [2.05, 4.69) is 5.32 Å². The number of likely N-dealkylation sites (tertiary alicyclic amines) is 1. The molecule has 0 aliphatic carbocycles. The number of hydrogen-bond acceptors (Lipinski definition) is 3. The van der Waals surface area contributed by atoms with Crippen LogP contribution in [0.1, 0.15) is 18.4 Å². The quantitative estimate of drug-likeness (QED) is 0.787. The lowest BCUT2D eigenvalue weighted by Gasteiger charge is -2.24. The first-order valence-electron chi connectivity index (χ1n) is 7.25. The van der Waals surface area contributed by atoms with E-state index in [1.807, 2.05) is 4.90 Å². The van der Waals surface area contributed by atoms with Gasteiger partial charge in [-0.2, -0.15) is 0 Å². The van der Waals surface area contributed by atoms with E-state index in [1.54, 1.807) is 12.1 Å². The first kappa shape index (κ1) is 23.0. The summed E-state index contributed by atoms with van der Waals surface area (Å²) < 4.78 is 39.1. The molecule has 9 heteroatoms. The first-order chi connectivity index (χ1) is 10.4. The minimum Gasteiger partial charge on any atom is -0.349 e. The normalized spacial score (nSPS) is 17.8. The van der Waals surface area contributed by atoms with Gasteiger partial charge in [-0.25, -0.2) is 13.2 Å². The second-order valence-corrected chi connectivity index (χ2v) is 5.53. The topological polar surface area (TPSA) is 58.4 Å². The second kappa shape index (κ2) is 10.1. The van der Waals surface area contributed by atoms with Crippen molar-refractivity contribution in [2.24, 2.45) is 5.73 Å². The molecule has 24 heavy (non-hydrogen) atoms. The number of carbonyl (C=O) groups is 1. The third-order valence-electron chi connectivity index (χ3n) is 3.79. The van der Waals surface area contributed by atoms with Crippen LogP contribution in [0, 0.1) is 5.82 Å². The van der Waals surface area contributed by atoms with Crippen molar-refractivity contribution in [2.75, 3.05) is 19.6 Å². The van der Waals surface area contributed by atoms with E-state index in [9.17, 15) is 18.0 Å². The largest absolute Gasteiger partial charge is 0.349 e. The summed E-state index contributed by atoms with van der Waals surface area (Å²) in [4.78, 5) is 14.0. The minimum absolute atomic E-state index is 0. The van der Waals surface area contributed by atoms with Crippen molar-refractivity contribution in [2.45, 2.75) is 31.4 Å². The van der Waals surface area contributed by atoms with Crippen LogP contribution in [0.3, 0.4) is 0 Å². The van der Waals surface area contributed by atoms with Crippen molar-refractivity contribution in [3.63, 3.8) is 0 Å². The third-order valence-corrected chi connectivity index (χ3v) is 3.79. The molecule has 1 aliphatic rings. The Bertz CT molecular complexity index is 517. The van der Waals surface area contributed by atoms with Gasteiger partial charge in [-0.3, -0.25) is 9.69 Å². The molecule has 1 aromatic carbocycles. The van der Waals surface area contributed by atoms with Crippen molar-refractivity contribution < 1.29 is 18.0 Å². The molecule has 2 rings (SSSR count). The van der Waals surface area contributed by atoms with Gasteiger partial charge < -0.3 is 11.1 Å². The van der Waals surface area contributed by atoms with E-state index < -0.39 is 31.0 Å². The van der Waals surface area contributed by atoms with Crippen LogP contribution < -0.4 is 11.1 Å². The van der Waals surface area contributed by atoms with Gasteiger partial charge in [0.2, 0.25) is 5.91 Å². The van der Waals surface area contributed by atoms with Crippen LogP contribution in [0.5, 0.6) is 0 Å².